The molecule has 0 saturated heterocycles. The molecule has 1 heterocycles. The Hall–Kier alpha value is -0.700. The molecule has 0 saturated carbocycles. The van der Waals surface area contributed by atoms with E-state index in [2.05, 4.69) is 4.98 Å². The molecule has 1 rings (SSSR count). The van der Waals surface area contributed by atoms with Gasteiger partial charge in [-0.1, -0.05) is 0 Å². The lowest BCUT2D eigenvalue weighted by atomic mass is 10.3. The number of hydrogen-bond acceptors (Lipinski definition) is 3. The van der Waals surface area contributed by atoms with E-state index in [1.165, 1.54) is 0 Å². The molecule has 11 heavy (non-hydrogen) atoms. The van der Waals surface area contributed by atoms with Crippen LogP contribution in [0.15, 0.2) is 11.0 Å². The van der Waals surface area contributed by atoms with Gasteiger partial charge < -0.3 is 5.73 Å². The van der Waals surface area contributed by atoms with Crippen LogP contribution in [0, 0.1) is 13.8 Å². The molecule has 0 aliphatic rings. The minimum atomic E-state index is 0.836. The Morgan fingerprint density at radius 2 is 2.09 bits per heavy atom. The maximum absolute atomic E-state index is 5.77. The van der Waals surface area contributed by atoms with Gasteiger partial charge in [0.05, 0.1) is 10.6 Å². The smallest absolute Gasteiger partial charge is 0.0532 e. The summed E-state index contributed by atoms with van der Waals surface area (Å²) in [4.78, 5) is 5.40. The number of aromatic nitrogens is 1. The Bertz CT molecular complexity index is 248. The number of thioether (sulfide) groups is 1. The molecule has 1 aromatic rings. The summed E-state index contributed by atoms with van der Waals surface area (Å²) >= 11 is 1.64. The van der Waals surface area contributed by atoms with Gasteiger partial charge in [0.25, 0.3) is 0 Å². The molecule has 0 unspecified atom stereocenters. The van der Waals surface area contributed by atoms with Gasteiger partial charge in [0, 0.05) is 11.4 Å². The van der Waals surface area contributed by atoms with Crippen molar-refractivity contribution in [1.29, 1.82) is 0 Å². The second kappa shape index (κ2) is 3.13. The number of pyridine rings is 1. The van der Waals surface area contributed by atoms with Crippen LogP contribution >= 0.6 is 11.8 Å². The van der Waals surface area contributed by atoms with Gasteiger partial charge >= 0.3 is 0 Å². The molecule has 1 aromatic heterocycles. The van der Waals surface area contributed by atoms with Gasteiger partial charge in [-0.25, -0.2) is 0 Å². The number of rotatable bonds is 1. The largest absolute Gasteiger partial charge is 0.398 e. The zero-order valence-corrected chi connectivity index (χ0v) is 7.83. The fraction of sp³-hybridized carbons (Fsp3) is 0.375. The van der Waals surface area contributed by atoms with Crippen LogP contribution in [-0.4, -0.2) is 11.2 Å². The molecule has 0 aliphatic heterocycles. The molecule has 60 valence electrons. The summed E-state index contributed by atoms with van der Waals surface area (Å²) in [5.74, 6) is 0. The van der Waals surface area contributed by atoms with Crippen molar-refractivity contribution < 1.29 is 0 Å². The molecule has 2 nitrogen and oxygen atoms in total. The third-order valence-corrected chi connectivity index (χ3v) is 2.44. The second-order valence-corrected chi connectivity index (χ2v) is 3.29. The molecule has 0 fully saturated rings. The van der Waals surface area contributed by atoms with E-state index in [-0.39, 0.29) is 0 Å². The molecule has 0 bridgehead atoms. The lowest BCUT2D eigenvalue weighted by molar-refractivity contribution is 1.07. The van der Waals surface area contributed by atoms with Crippen LogP contribution in [0.3, 0.4) is 0 Å². The topological polar surface area (TPSA) is 38.9 Å². The van der Waals surface area contributed by atoms with E-state index in [1.54, 1.807) is 11.8 Å². The predicted octanol–water partition coefficient (Wildman–Crippen LogP) is 2.00. The van der Waals surface area contributed by atoms with Gasteiger partial charge in [-0.15, -0.1) is 11.8 Å². The quantitative estimate of drug-likeness (QED) is 0.652. The minimum absolute atomic E-state index is 0.836. The monoisotopic (exact) mass is 168 g/mol. The van der Waals surface area contributed by atoms with Crippen LogP contribution in [0.4, 0.5) is 5.69 Å². The van der Waals surface area contributed by atoms with Crippen molar-refractivity contribution in [3.05, 3.63) is 17.5 Å². The van der Waals surface area contributed by atoms with Crippen LogP contribution in [0.2, 0.25) is 0 Å². The lowest BCUT2D eigenvalue weighted by Crippen LogP contribution is -1.95. The summed E-state index contributed by atoms with van der Waals surface area (Å²) in [5.41, 5.74) is 8.61. The molecule has 0 aromatic carbocycles. The average molecular weight is 168 g/mol. The fourth-order valence-electron chi connectivity index (χ4n) is 1.11. The Labute approximate surface area is 71.2 Å². The van der Waals surface area contributed by atoms with E-state index in [1.807, 2.05) is 26.2 Å². The number of hydrogen-bond donors (Lipinski definition) is 1. The first-order chi connectivity index (χ1) is 5.15. The van der Waals surface area contributed by atoms with Crippen LogP contribution in [0.5, 0.6) is 0 Å². The standard InChI is InChI=1S/C8H12N2S/c1-5-4-7(9)8(11-3)6(2)10-5/h4H,1-3H3,(H2,9,10). The molecule has 2 N–H and O–H groups in total. The molecule has 3 heteroatoms. The SMILES string of the molecule is CSc1c(N)cc(C)nc1C. The number of nitrogens with two attached hydrogens (primary N) is 1. The molecular formula is C8H12N2S. The molecule has 0 spiro atoms. The van der Waals surface area contributed by atoms with Gasteiger partial charge in [-0.3, -0.25) is 4.98 Å². The van der Waals surface area contributed by atoms with E-state index < -0.39 is 0 Å². The van der Waals surface area contributed by atoms with Crippen molar-refractivity contribution >= 4 is 17.4 Å². The van der Waals surface area contributed by atoms with Gasteiger partial charge in [0.15, 0.2) is 0 Å². The maximum Gasteiger partial charge on any atom is 0.0532 e. The van der Waals surface area contributed by atoms with E-state index in [9.17, 15) is 0 Å². The van der Waals surface area contributed by atoms with Crippen LogP contribution in [-0.2, 0) is 0 Å². The summed E-state index contributed by atoms with van der Waals surface area (Å²) in [6, 6.07) is 1.90. The van der Waals surface area contributed by atoms with E-state index in [0.717, 1.165) is 22.0 Å². The van der Waals surface area contributed by atoms with Gasteiger partial charge in [0.2, 0.25) is 0 Å². The molecule has 0 aliphatic carbocycles. The maximum atomic E-state index is 5.77. The van der Waals surface area contributed by atoms with E-state index in [4.69, 9.17) is 5.73 Å². The molecular weight excluding hydrogens is 156 g/mol. The highest BCUT2D eigenvalue weighted by Gasteiger charge is 2.02. The number of nitrogen functional groups attached to an aromatic ring is 1. The fourth-order valence-corrected chi connectivity index (χ4v) is 1.75. The van der Waals surface area contributed by atoms with Crippen molar-refractivity contribution in [3.8, 4) is 0 Å². The van der Waals surface area contributed by atoms with Crippen LogP contribution < -0.4 is 5.73 Å². The minimum Gasteiger partial charge on any atom is -0.398 e. The highest BCUT2D eigenvalue weighted by molar-refractivity contribution is 7.98. The van der Waals surface area contributed by atoms with E-state index >= 15 is 0 Å². The zero-order chi connectivity index (χ0) is 8.43. The Morgan fingerprint density at radius 3 is 2.55 bits per heavy atom. The van der Waals surface area contributed by atoms with Crippen LogP contribution in [0.25, 0.3) is 0 Å². The Balaban J connectivity index is 3.25. The first-order valence-electron chi connectivity index (χ1n) is 3.43. The third kappa shape index (κ3) is 1.66. The van der Waals surface area contributed by atoms with Gasteiger partial charge in [-0.2, -0.15) is 0 Å². The third-order valence-electron chi connectivity index (χ3n) is 1.50. The molecule has 0 atom stereocenters. The zero-order valence-electron chi connectivity index (χ0n) is 7.01. The first-order valence-corrected chi connectivity index (χ1v) is 4.65. The summed E-state index contributed by atoms with van der Waals surface area (Å²) in [6.45, 7) is 3.93. The van der Waals surface area contributed by atoms with Crippen molar-refractivity contribution in [2.24, 2.45) is 0 Å². The highest BCUT2D eigenvalue weighted by atomic mass is 32.2. The molecule has 0 radical (unpaired) electrons. The summed E-state index contributed by atoms with van der Waals surface area (Å²) in [7, 11) is 0. The Morgan fingerprint density at radius 1 is 1.45 bits per heavy atom. The van der Waals surface area contributed by atoms with Crippen molar-refractivity contribution in [3.63, 3.8) is 0 Å². The van der Waals surface area contributed by atoms with Crippen molar-refractivity contribution in [1.82, 2.24) is 4.98 Å². The van der Waals surface area contributed by atoms with Crippen molar-refractivity contribution in [2.75, 3.05) is 12.0 Å². The average Bonchev–Trinajstić information content (AvgIpc) is 1.85. The Kier molecular flexibility index (Phi) is 2.39. The lowest BCUT2D eigenvalue weighted by Gasteiger charge is -2.05. The summed E-state index contributed by atoms with van der Waals surface area (Å²) < 4.78 is 0. The van der Waals surface area contributed by atoms with Gasteiger partial charge in [0.1, 0.15) is 0 Å². The number of aryl methyl sites for hydroxylation is 2. The van der Waals surface area contributed by atoms with Crippen molar-refractivity contribution in [2.45, 2.75) is 18.7 Å². The van der Waals surface area contributed by atoms with Gasteiger partial charge in [-0.05, 0) is 26.2 Å². The second-order valence-electron chi connectivity index (χ2n) is 2.47. The highest BCUT2D eigenvalue weighted by Crippen LogP contribution is 2.25. The first kappa shape index (κ1) is 8.40. The number of nitrogens with zero attached hydrogens (tertiary/aromatic N) is 1. The summed E-state index contributed by atoms with van der Waals surface area (Å²) in [5, 5.41) is 0. The predicted molar refractivity (Wildman–Crippen MR) is 49.9 cm³/mol. The van der Waals surface area contributed by atoms with E-state index in [0.29, 0.717) is 0 Å². The molecule has 0 amide bonds. The summed E-state index contributed by atoms with van der Waals surface area (Å²) in [6.07, 6.45) is 2.01. The number of anilines is 1. The normalized spacial score (nSPS) is 10.1. The van der Waals surface area contributed by atoms with Crippen LogP contribution in [0.1, 0.15) is 11.4 Å².